The van der Waals surface area contributed by atoms with Gasteiger partial charge in [-0.2, -0.15) is 0 Å². The van der Waals surface area contributed by atoms with Crippen LogP contribution < -0.4 is 10.6 Å². The van der Waals surface area contributed by atoms with Crippen molar-refractivity contribution in [1.29, 1.82) is 0 Å². The van der Waals surface area contributed by atoms with Gasteiger partial charge in [0.1, 0.15) is 5.01 Å². The average Bonchev–Trinajstić information content (AvgIpc) is 3.28. The van der Waals surface area contributed by atoms with E-state index in [0.29, 0.717) is 5.69 Å². The van der Waals surface area contributed by atoms with E-state index in [2.05, 4.69) is 33.7 Å². The quantitative estimate of drug-likeness (QED) is 0.315. The number of carbonyl (C=O) groups excluding carboxylic acids is 1. The number of piperazine rings is 1. The minimum atomic E-state index is -0.512. The topological polar surface area (TPSA) is 100 Å². The van der Waals surface area contributed by atoms with Gasteiger partial charge in [-0.15, -0.1) is 11.3 Å². The first-order valence-corrected chi connectivity index (χ1v) is 11.9. The molecule has 0 aliphatic carbocycles. The van der Waals surface area contributed by atoms with Gasteiger partial charge in [-0.1, -0.05) is 24.3 Å². The highest BCUT2D eigenvalue weighted by Gasteiger charge is 2.16. The minimum Gasteiger partial charge on any atom is -0.321 e. The molecule has 1 fully saturated rings. The number of carbonyl (C=O) groups is 1. The fourth-order valence-electron chi connectivity index (χ4n) is 4.04. The maximum atomic E-state index is 12.8. The van der Waals surface area contributed by atoms with E-state index in [1.54, 1.807) is 17.4 Å². The van der Waals surface area contributed by atoms with E-state index in [1.165, 1.54) is 23.8 Å². The molecular formula is C25H23N5O3S. The van der Waals surface area contributed by atoms with Gasteiger partial charge in [0, 0.05) is 56.0 Å². The number of para-hydroxylation sites is 1. The third-order valence-corrected chi connectivity index (χ3v) is 6.84. The zero-order valence-electron chi connectivity index (χ0n) is 18.4. The maximum absolute atomic E-state index is 12.8. The Balaban J connectivity index is 1.40. The van der Waals surface area contributed by atoms with Gasteiger partial charge in [0.25, 0.3) is 11.6 Å². The summed E-state index contributed by atoms with van der Waals surface area (Å²) in [5.41, 5.74) is 3.71. The van der Waals surface area contributed by atoms with E-state index in [9.17, 15) is 14.9 Å². The van der Waals surface area contributed by atoms with Gasteiger partial charge in [-0.05, 0) is 35.9 Å². The van der Waals surface area contributed by atoms with Crippen LogP contribution in [0, 0.1) is 10.1 Å². The van der Waals surface area contributed by atoms with Crippen LogP contribution in [0.3, 0.4) is 0 Å². The summed E-state index contributed by atoms with van der Waals surface area (Å²) < 4.78 is 1.10. The highest BCUT2D eigenvalue weighted by atomic mass is 32.1. The third-order valence-electron chi connectivity index (χ3n) is 5.79. The summed E-state index contributed by atoms with van der Waals surface area (Å²) >= 11 is 1.59. The predicted octanol–water partition coefficient (Wildman–Crippen LogP) is 4.53. The average molecular weight is 474 g/mol. The van der Waals surface area contributed by atoms with Crippen molar-refractivity contribution in [2.24, 2.45) is 0 Å². The zero-order chi connectivity index (χ0) is 23.5. The number of hydrogen-bond donors (Lipinski definition) is 2. The monoisotopic (exact) mass is 473 g/mol. The number of nitrogens with one attached hydrogen (secondary N) is 2. The van der Waals surface area contributed by atoms with Crippen LogP contribution >= 0.6 is 11.3 Å². The van der Waals surface area contributed by atoms with Crippen LogP contribution in [0.25, 0.3) is 20.8 Å². The molecule has 1 aliphatic heterocycles. The molecule has 3 aromatic carbocycles. The largest absolute Gasteiger partial charge is 0.321 e. The van der Waals surface area contributed by atoms with Crippen LogP contribution in [0.15, 0.2) is 66.7 Å². The first kappa shape index (κ1) is 22.1. The summed E-state index contributed by atoms with van der Waals surface area (Å²) in [6, 6.07) is 19.6. The Kier molecular flexibility index (Phi) is 6.31. The number of rotatable bonds is 6. The first-order chi connectivity index (χ1) is 16.6. The number of benzene rings is 3. The van der Waals surface area contributed by atoms with Crippen LogP contribution in [0.1, 0.15) is 15.9 Å². The summed E-state index contributed by atoms with van der Waals surface area (Å²) in [6.07, 6.45) is 0. The van der Waals surface area contributed by atoms with Gasteiger partial charge < -0.3 is 10.6 Å². The van der Waals surface area contributed by atoms with Gasteiger partial charge in [-0.3, -0.25) is 19.8 Å². The summed E-state index contributed by atoms with van der Waals surface area (Å²) in [5, 5.41) is 18.1. The van der Waals surface area contributed by atoms with Crippen molar-refractivity contribution in [3.63, 3.8) is 0 Å². The number of hydrogen-bond acceptors (Lipinski definition) is 7. The predicted molar refractivity (Wildman–Crippen MR) is 134 cm³/mol. The van der Waals surface area contributed by atoms with Gasteiger partial charge in [0.2, 0.25) is 0 Å². The van der Waals surface area contributed by atoms with Crippen molar-refractivity contribution < 1.29 is 9.72 Å². The number of fused-ring (bicyclic) bond motifs is 1. The molecule has 5 rings (SSSR count). The summed E-state index contributed by atoms with van der Waals surface area (Å²) in [7, 11) is 0. The molecule has 0 spiro atoms. The lowest BCUT2D eigenvalue weighted by Crippen LogP contribution is -2.42. The lowest BCUT2D eigenvalue weighted by molar-refractivity contribution is -0.384. The van der Waals surface area contributed by atoms with E-state index < -0.39 is 10.8 Å². The lowest BCUT2D eigenvalue weighted by Gasteiger charge is -2.27. The maximum Gasteiger partial charge on any atom is 0.270 e. The SMILES string of the molecule is O=C(Nc1ccccc1-c1nc2ccc(CN3CCNCC3)cc2s1)c1cccc([N+](=O)[O-])c1. The van der Waals surface area contributed by atoms with Crippen molar-refractivity contribution >= 4 is 38.8 Å². The van der Waals surface area contributed by atoms with E-state index in [-0.39, 0.29) is 11.3 Å². The minimum absolute atomic E-state index is 0.122. The number of nitro groups is 1. The van der Waals surface area contributed by atoms with E-state index in [1.807, 2.05) is 24.3 Å². The third kappa shape index (κ3) is 4.81. The number of non-ortho nitro benzene ring substituents is 1. The molecule has 0 unspecified atom stereocenters. The Morgan fingerprint density at radius 1 is 1.09 bits per heavy atom. The van der Waals surface area contributed by atoms with Crippen molar-refractivity contribution in [3.8, 4) is 10.6 Å². The summed E-state index contributed by atoms with van der Waals surface area (Å²) in [5.74, 6) is -0.407. The van der Waals surface area contributed by atoms with Crippen LogP contribution in [0.2, 0.25) is 0 Å². The Labute approximate surface area is 200 Å². The second kappa shape index (κ2) is 9.68. The van der Waals surface area contributed by atoms with Crippen molar-refractivity contribution in [2.75, 3.05) is 31.5 Å². The Hall–Kier alpha value is -3.66. The highest BCUT2D eigenvalue weighted by Crippen LogP contribution is 2.35. The molecule has 2 N–H and O–H groups in total. The van der Waals surface area contributed by atoms with Crippen LogP contribution in [-0.2, 0) is 6.54 Å². The zero-order valence-corrected chi connectivity index (χ0v) is 19.2. The molecule has 1 amide bonds. The van der Waals surface area contributed by atoms with Crippen LogP contribution in [0.5, 0.6) is 0 Å². The van der Waals surface area contributed by atoms with Crippen molar-refractivity contribution in [3.05, 3.63) is 88.0 Å². The molecule has 0 atom stereocenters. The van der Waals surface area contributed by atoms with Gasteiger partial charge in [0.05, 0.1) is 20.8 Å². The van der Waals surface area contributed by atoms with Gasteiger partial charge in [-0.25, -0.2) is 4.98 Å². The molecule has 172 valence electrons. The number of anilines is 1. The molecule has 0 saturated carbocycles. The molecule has 1 aliphatic rings. The number of thiazole rings is 1. The molecule has 34 heavy (non-hydrogen) atoms. The van der Waals surface area contributed by atoms with Crippen LogP contribution in [-0.4, -0.2) is 46.9 Å². The molecule has 1 aromatic heterocycles. The Morgan fingerprint density at radius 2 is 1.91 bits per heavy atom. The molecule has 2 heterocycles. The molecule has 1 saturated heterocycles. The van der Waals surface area contributed by atoms with E-state index >= 15 is 0 Å². The number of nitrogens with zero attached hydrogens (tertiary/aromatic N) is 3. The summed E-state index contributed by atoms with van der Waals surface area (Å²) in [4.78, 5) is 30.6. The van der Waals surface area contributed by atoms with Crippen molar-refractivity contribution in [2.45, 2.75) is 6.54 Å². The molecular weight excluding hydrogens is 450 g/mol. The molecule has 0 radical (unpaired) electrons. The number of aromatic nitrogens is 1. The summed E-state index contributed by atoms with van der Waals surface area (Å²) in [6.45, 7) is 5.05. The molecule has 9 heteroatoms. The lowest BCUT2D eigenvalue weighted by atomic mass is 10.1. The number of nitro benzene ring substituents is 1. The van der Waals surface area contributed by atoms with Crippen LogP contribution in [0.4, 0.5) is 11.4 Å². The standard InChI is InChI=1S/C25H23N5O3S/c31-24(18-4-3-5-19(15-18)30(32)33)27-21-7-2-1-6-20(21)25-28-22-9-8-17(14-23(22)34-25)16-29-12-10-26-11-13-29/h1-9,14-15,26H,10-13,16H2,(H,27,31). The molecule has 4 aromatic rings. The van der Waals surface area contributed by atoms with Gasteiger partial charge in [0.15, 0.2) is 0 Å². The second-order valence-electron chi connectivity index (χ2n) is 8.15. The highest BCUT2D eigenvalue weighted by molar-refractivity contribution is 7.21. The fraction of sp³-hybridized carbons (Fsp3) is 0.200. The van der Waals surface area contributed by atoms with Crippen molar-refractivity contribution in [1.82, 2.24) is 15.2 Å². The van der Waals surface area contributed by atoms with Gasteiger partial charge >= 0.3 is 0 Å². The number of amides is 1. The first-order valence-electron chi connectivity index (χ1n) is 11.0. The smallest absolute Gasteiger partial charge is 0.270 e. The molecule has 0 bridgehead atoms. The Morgan fingerprint density at radius 3 is 2.74 bits per heavy atom. The van der Waals surface area contributed by atoms with E-state index in [0.717, 1.165) is 53.5 Å². The van der Waals surface area contributed by atoms with E-state index in [4.69, 9.17) is 4.98 Å². The normalized spacial score (nSPS) is 14.2. The fourth-order valence-corrected chi connectivity index (χ4v) is 5.11. The second-order valence-corrected chi connectivity index (χ2v) is 9.19. The molecule has 8 nitrogen and oxygen atoms in total. The Bertz CT molecular complexity index is 1360.